The Hall–Kier alpha value is -0.0800. The van der Waals surface area contributed by atoms with Gasteiger partial charge in [0.25, 0.3) is 0 Å². The molecular weight excluding hydrogens is 172 g/mol. The first kappa shape index (κ1) is 12.0. The van der Waals surface area contributed by atoms with Gasteiger partial charge in [0.05, 0.1) is 0 Å². The molecule has 0 aliphatic heterocycles. The number of unbranched alkanes of at least 4 members (excludes halogenated alkanes) is 1. The van der Waals surface area contributed by atoms with Gasteiger partial charge in [0, 0.05) is 19.1 Å². The van der Waals surface area contributed by atoms with Crippen molar-refractivity contribution in [2.75, 3.05) is 13.1 Å². The lowest BCUT2D eigenvalue weighted by Crippen LogP contribution is -2.46. The van der Waals surface area contributed by atoms with Crippen molar-refractivity contribution in [3.63, 3.8) is 0 Å². The highest BCUT2D eigenvalue weighted by molar-refractivity contribution is 4.73. The monoisotopic (exact) mass is 198 g/mol. The first-order valence-corrected chi connectivity index (χ1v) is 6.38. The van der Waals surface area contributed by atoms with E-state index in [0.717, 1.165) is 12.6 Å². The fraction of sp³-hybridized carbons (Fsp3) is 1.00. The minimum Gasteiger partial charge on any atom is -0.255 e. The van der Waals surface area contributed by atoms with Crippen LogP contribution < -0.4 is 5.43 Å². The largest absolute Gasteiger partial charge is 0.255 e. The Bertz CT molecular complexity index is 130. The molecule has 1 N–H and O–H groups in total. The van der Waals surface area contributed by atoms with Crippen LogP contribution in [-0.4, -0.2) is 24.1 Å². The SMILES string of the molecule is CCCCN(NCC)C1CCCCC1. The van der Waals surface area contributed by atoms with Gasteiger partial charge < -0.3 is 0 Å². The Balaban J connectivity index is 2.30. The zero-order chi connectivity index (χ0) is 10.2. The smallest absolute Gasteiger partial charge is 0.0243 e. The van der Waals surface area contributed by atoms with E-state index in [1.807, 2.05) is 0 Å². The van der Waals surface area contributed by atoms with Crippen LogP contribution in [0.2, 0.25) is 0 Å². The maximum absolute atomic E-state index is 3.52. The van der Waals surface area contributed by atoms with Crippen molar-refractivity contribution in [3.8, 4) is 0 Å². The van der Waals surface area contributed by atoms with Crippen LogP contribution in [0.3, 0.4) is 0 Å². The number of hydrogen-bond acceptors (Lipinski definition) is 2. The Labute approximate surface area is 89.0 Å². The van der Waals surface area contributed by atoms with Crippen LogP contribution in [-0.2, 0) is 0 Å². The van der Waals surface area contributed by atoms with E-state index in [9.17, 15) is 0 Å². The van der Waals surface area contributed by atoms with E-state index < -0.39 is 0 Å². The molecule has 0 amide bonds. The minimum absolute atomic E-state index is 0.815. The van der Waals surface area contributed by atoms with Crippen molar-refractivity contribution in [2.45, 2.75) is 64.8 Å². The van der Waals surface area contributed by atoms with Gasteiger partial charge in [-0.2, -0.15) is 0 Å². The van der Waals surface area contributed by atoms with Gasteiger partial charge in [-0.1, -0.05) is 39.5 Å². The fourth-order valence-electron chi connectivity index (χ4n) is 2.31. The van der Waals surface area contributed by atoms with Gasteiger partial charge in [0.2, 0.25) is 0 Å². The zero-order valence-electron chi connectivity index (χ0n) is 9.89. The van der Waals surface area contributed by atoms with E-state index in [-0.39, 0.29) is 0 Å². The Morgan fingerprint density at radius 1 is 1.14 bits per heavy atom. The summed E-state index contributed by atoms with van der Waals surface area (Å²) in [6.07, 6.45) is 9.73. The summed E-state index contributed by atoms with van der Waals surface area (Å²) >= 11 is 0. The minimum atomic E-state index is 0.815. The van der Waals surface area contributed by atoms with Gasteiger partial charge in [-0.05, 0) is 19.3 Å². The summed E-state index contributed by atoms with van der Waals surface area (Å²) in [4.78, 5) is 0. The van der Waals surface area contributed by atoms with Gasteiger partial charge in [-0.15, -0.1) is 0 Å². The highest BCUT2D eigenvalue weighted by Crippen LogP contribution is 2.21. The number of nitrogens with zero attached hydrogens (tertiary/aromatic N) is 1. The molecule has 0 bridgehead atoms. The average molecular weight is 198 g/mol. The Kier molecular flexibility index (Phi) is 6.20. The number of rotatable bonds is 6. The number of hydrogen-bond donors (Lipinski definition) is 1. The van der Waals surface area contributed by atoms with Crippen molar-refractivity contribution in [2.24, 2.45) is 0 Å². The molecule has 0 radical (unpaired) electrons. The molecule has 1 aliphatic carbocycles. The molecule has 0 atom stereocenters. The van der Waals surface area contributed by atoms with Gasteiger partial charge in [-0.3, -0.25) is 5.43 Å². The van der Waals surface area contributed by atoms with Crippen LogP contribution in [0.5, 0.6) is 0 Å². The Morgan fingerprint density at radius 3 is 2.43 bits per heavy atom. The average Bonchev–Trinajstić information content (AvgIpc) is 2.25. The van der Waals surface area contributed by atoms with Crippen LogP contribution in [0.4, 0.5) is 0 Å². The second-order valence-corrected chi connectivity index (χ2v) is 4.35. The molecule has 0 aromatic rings. The molecular formula is C12H26N2. The molecule has 0 aromatic heterocycles. The van der Waals surface area contributed by atoms with Gasteiger partial charge in [0.1, 0.15) is 0 Å². The predicted molar refractivity (Wildman–Crippen MR) is 62.2 cm³/mol. The first-order chi connectivity index (χ1) is 6.88. The topological polar surface area (TPSA) is 15.3 Å². The van der Waals surface area contributed by atoms with Crippen molar-refractivity contribution >= 4 is 0 Å². The van der Waals surface area contributed by atoms with Crippen LogP contribution >= 0.6 is 0 Å². The molecule has 1 saturated carbocycles. The lowest BCUT2D eigenvalue weighted by atomic mass is 9.95. The van der Waals surface area contributed by atoms with Gasteiger partial charge in [-0.25, -0.2) is 5.01 Å². The summed E-state index contributed by atoms with van der Waals surface area (Å²) in [6, 6.07) is 0.815. The highest BCUT2D eigenvalue weighted by Gasteiger charge is 2.19. The molecule has 0 heterocycles. The molecule has 1 rings (SSSR count). The van der Waals surface area contributed by atoms with E-state index >= 15 is 0 Å². The maximum Gasteiger partial charge on any atom is 0.0243 e. The summed E-state index contributed by atoms with van der Waals surface area (Å²) in [5, 5.41) is 2.50. The van der Waals surface area contributed by atoms with Crippen LogP contribution in [0, 0.1) is 0 Å². The molecule has 84 valence electrons. The summed E-state index contributed by atoms with van der Waals surface area (Å²) in [7, 11) is 0. The zero-order valence-corrected chi connectivity index (χ0v) is 9.89. The summed E-state index contributed by atoms with van der Waals surface area (Å²) < 4.78 is 0. The quantitative estimate of drug-likeness (QED) is 0.660. The van der Waals surface area contributed by atoms with Crippen molar-refractivity contribution < 1.29 is 0 Å². The van der Waals surface area contributed by atoms with Crippen LogP contribution in [0.25, 0.3) is 0 Å². The molecule has 1 fully saturated rings. The third kappa shape index (κ3) is 3.97. The van der Waals surface area contributed by atoms with Crippen molar-refractivity contribution in [1.29, 1.82) is 0 Å². The summed E-state index contributed by atoms with van der Waals surface area (Å²) in [5.41, 5.74) is 3.52. The third-order valence-corrected chi connectivity index (χ3v) is 3.13. The van der Waals surface area contributed by atoms with Gasteiger partial charge >= 0.3 is 0 Å². The fourth-order valence-corrected chi connectivity index (χ4v) is 2.31. The first-order valence-electron chi connectivity index (χ1n) is 6.38. The number of hydrazine groups is 1. The van der Waals surface area contributed by atoms with E-state index in [0.29, 0.717) is 0 Å². The lowest BCUT2D eigenvalue weighted by Gasteiger charge is -2.34. The van der Waals surface area contributed by atoms with E-state index in [2.05, 4.69) is 24.3 Å². The van der Waals surface area contributed by atoms with Crippen molar-refractivity contribution in [1.82, 2.24) is 10.4 Å². The Morgan fingerprint density at radius 2 is 1.86 bits per heavy atom. The number of nitrogens with one attached hydrogen (secondary N) is 1. The molecule has 1 aliphatic rings. The maximum atomic E-state index is 3.52. The normalized spacial score (nSPS) is 19.1. The van der Waals surface area contributed by atoms with E-state index in [4.69, 9.17) is 0 Å². The molecule has 2 heteroatoms. The van der Waals surface area contributed by atoms with E-state index in [1.54, 1.807) is 0 Å². The van der Waals surface area contributed by atoms with Crippen molar-refractivity contribution in [3.05, 3.63) is 0 Å². The standard InChI is InChI=1S/C12H26N2/c1-3-5-11-14(13-4-2)12-9-7-6-8-10-12/h12-13H,3-11H2,1-2H3. The van der Waals surface area contributed by atoms with Crippen LogP contribution in [0.1, 0.15) is 58.8 Å². The van der Waals surface area contributed by atoms with Crippen LogP contribution in [0.15, 0.2) is 0 Å². The molecule has 0 unspecified atom stereocenters. The molecule has 0 aromatic carbocycles. The third-order valence-electron chi connectivity index (χ3n) is 3.13. The summed E-state index contributed by atoms with van der Waals surface area (Å²) in [6.45, 7) is 6.77. The van der Waals surface area contributed by atoms with E-state index in [1.165, 1.54) is 51.5 Å². The predicted octanol–water partition coefficient (Wildman–Crippen LogP) is 2.95. The molecule has 0 saturated heterocycles. The summed E-state index contributed by atoms with van der Waals surface area (Å²) in [5.74, 6) is 0. The van der Waals surface area contributed by atoms with Gasteiger partial charge in [0.15, 0.2) is 0 Å². The highest BCUT2D eigenvalue weighted by atomic mass is 15.5. The lowest BCUT2D eigenvalue weighted by molar-refractivity contribution is 0.0961. The molecule has 14 heavy (non-hydrogen) atoms. The second kappa shape index (κ2) is 7.24. The second-order valence-electron chi connectivity index (χ2n) is 4.35. The molecule has 2 nitrogen and oxygen atoms in total. The molecule has 0 spiro atoms.